The van der Waals surface area contributed by atoms with Gasteiger partial charge in [0.2, 0.25) is 0 Å². The number of hydrogen-bond donors (Lipinski definition) is 0. The van der Waals surface area contributed by atoms with Crippen molar-refractivity contribution < 1.29 is 0 Å². The molecule has 0 saturated heterocycles. The summed E-state index contributed by atoms with van der Waals surface area (Å²) < 4.78 is 0. The van der Waals surface area contributed by atoms with E-state index in [1.54, 1.807) is 0 Å². The molecule has 2 heteroatoms. The van der Waals surface area contributed by atoms with Crippen molar-refractivity contribution in [2.45, 2.75) is 47.5 Å². The third-order valence-electron chi connectivity index (χ3n) is 5.29. The van der Waals surface area contributed by atoms with E-state index in [9.17, 15) is 0 Å². The van der Waals surface area contributed by atoms with Gasteiger partial charge in [-0.3, -0.25) is 9.97 Å². The summed E-state index contributed by atoms with van der Waals surface area (Å²) in [5.74, 6) is 0. The summed E-state index contributed by atoms with van der Waals surface area (Å²) >= 11 is 0. The predicted octanol–water partition coefficient (Wildman–Crippen LogP) is 7.69. The summed E-state index contributed by atoms with van der Waals surface area (Å²) in [4.78, 5) is 9.27. The van der Waals surface area contributed by atoms with Gasteiger partial charge < -0.3 is 0 Å². The Morgan fingerprint density at radius 1 is 1.00 bits per heavy atom. The van der Waals surface area contributed by atoms with Gasteiger partial charge in [-0.05, 0) is 80.5 Å². The Labute approximate surface area is 187 Å². The molecule has 158 valence electrons. The van der Waals surface area contributed by atoms with Crippen LogP contribution in [0.2, 0.25) is 0 Å². The molecule has 0 aliphatic heterocycles. The molecular weight excluding hydrogens is 376 g/mol. The van der Waals surface area contributed by atoms with Gasteiger partial charge in [0, 0.05) is 28.8 Å². The highest BCUT2D eigenvalue weighted by Crippen LogP contribution is 2.28. The van der Waals surface area contributed by atoms with Crippen LogP contribution in [0.25, 0.3) is 22.8 Å². The zero-order valence-corrected chi connectivity index (χ0v) is 19.3. The van der Waals surface area contributed by atoms with Crippen LogP contribution in [0.15, 0.2) is 73.0 Å². The molecule has 2 aromatic heterocycles. The Morgan fingerprint density at radius 2 is 1.77 bits per heavy atom. The van der Waals surface area contributed by atoms with Crippen molar-refractivity contribution in [2.24, 2.45) is 0 Å². The Hall–Kier alpha value is -3.26. The summed E-state index contributed by atoms with van der Waals surface area (Å²) in [7, 11) is 0. The van der Waals surface area contributed by atoms with Crippen LogP contribution in [-0.2, 0) is 6.42 Å². The molecule has 0 fully saturated rings. The molecule has 0 spiro atoms. The standard InChI is InChI=1S/C29H32N2/c1-6-12-24(13-7-2)28-18-21(3)30-20-26(28)16-11-17-27-23(5)31-22(4)19-29(27)25-14-9-8-10-15-25/h6,8-15,17-20H,7,16H2,1-5H3/b12-6-,17-11-,24-13+. The van der Waals surface area contributed by atoms with Crippen molar-refractivity contribution in [3.05, 3.63) is 107 Å². The summed E-state index contributed by atoms with van der Waals surface area (Å²) in [5.41, 5.74) is 10.5. The van der Waals surface area contributed by atoms with E-state index < -0.39 is 0 Å². The SMILES string of the molecule is C/C=C\C(=C/CC)c1cc(C)ncc1C/C=C\c1c(-c2ccccc2)cc(C)nc1C. The van der Waals surface area contributed by atoms with Crippen LogP contribution in [-0.4, -0.2) is 9.97 Å². The van der Waals surface area contributed by atoms with Crippen LogP contribution in [0.3, 0.4) is 0 Å². The van der Waals surface area contributed by atoms with E-state index in [1.165, 1.54) is 33.4 Å². The highest BCUT2D eigenvalue weighted by Gasteiger charge is 2.09. The van der Waals surface area contributed by atoms with Gasteiger partial charge in [0.05, 0.1) is 0 Å². The number of aryl methyl sites for hydroxylation is 3. The smallest absolute Gasteiger partial charge is 0.0454 e. The third kappa shape index (κ3) is 5.67. The number of pyridine rings is 2. The molecule has 0 unspecified atom stereocenters. The number of allylic oxidation sites excluding steroid dienone is 5. The fraction of sp³-hybridized carbons (Fsp3) is 0.241. The van der Waals surface area contributed by atoms with Crippen LogP contribution in [0, 0.1) is 20.8 Å². The maximum atomic E-state index is 4.71. The number of benzene rings is 1. The van der Waals surface area contributed by atoms with E-state index in [1.807, 2.05) is 6.20 Å². The normalized spacial score (nSPS) is 12.2. The van der Waals surface area contributed by atoms with Crippen molar-refractivity contribution in [2.75, 3.05) is 0 Å². The minimum absolute atomic E-state index is 0.822. The fourth-order valence-corrected chi connectivity index (χ4v) is 3.90. The summed E-state index contributed by atoms with van der Waals surface area (Å²) in [6.07, 6.45) is 14.9. The molecule has 0 saturated carbocycles. The minimum atomic E-state index is 0.822. The van der Waals surface area contributed by atoms with Crippen LogP contribution in [0.5, 0.6) is 0 Å². The zero-order chi connectivity index (χ0) is 22.2. The van der Waals surface area contributed by atoms with E-state index in [0.717, 1.165) is 29.9 Å². The van der Waals surface area contributed by atoms with Crippen molar-refractivity contribution in [3.8, 4) is 11.1 Å². The van der Waals surface area contributed by atoms with Crippen LogP contribution in [0.4, 0.5) is 0 Å². The molecule has 2 heterocycles. The number of nitrogens with zero attached hydrogens (tertiary/aromatic N) is 2. The quantitative estimate of drug-likeness (QED) is 0.374. The number of aromatic nitrogens is 2. The summed E-state index contributed by atoms with van der Waals surface area (Å²) in [6.45, 7) is 10.4. The average molecular weight is 409 g/mol. The second kappa shape index (κ2) is 10.7. The molecule has 0 bridgehead atoms. The molecule has 0 radical (unpaired) electrons. The molecule has 2 nitrogen and oxygen atoms in total. The van der Waals surface area contributed by atoms with E-state index in [4.69, 9.17) is 4.98 Å². The third-order valence-corrected chi connectivity index (χ3v) is 5.29. The summed E-state index contributed by atoms with van der Waals surface area (Å²) in [5, 5.41) is 0. The highest BCUT2D eigenvalue weighted by molar-refractivity contribution is 5.78. The Morgan fingerprint density at radius 3 is 2.48 bits per heavy atom. The highest BCUT2D eigenvalue weighted by atomic mass is 14.7. The lowest BCUT2D eigenvalue weighted by Gasteiger charge is -2.12. The van der Waals surface area contributed by atoms with Gasteiger partial charge in [-0.1, -0.05) is 67.6 Å². The second-order valence-corrected chi connectivity index (χ2v) is 7.83. The zero-order valence-electron chi connectivity index (χ0n) is 19.3. The first-order valence-electron chi connectivity index (χ1n) is 11.0. The average Bonchev–Trinajstić information content (AvgIpc) is 2.76. The molecule has 1 aromatic carbocycles. The topological polar surface area (TPSA) is 25.8 Å². The summed E-state index contributed by atoms with van der Waals surface area (Å²) in [6, 6.07) is 14.9. The van der Waals surface area contributed by atoms with Crippen molar-refractivity contribution in [3.63, 3.8) is 0 Å². The van der Waals surface area contributed by atoms with Crippen molar-refractivity contribution in [1.82, 2.24) is 9.97 Å². The minimum Gasteiger partial charge on any atom is -0.261 e. The van der Waals surface area contributed by atoms with Gasteiger partial charge in [0.1, 0.15) is 0 Å². The molecule has 0 N–H and O–H groups in total. The van der Waals surface area contributed by atoms with E-state index in [2.05, 4.69) is 112 Å². The first-order valence-corrected chi connectivity index (χ1v) is 11.0. The van der Waals surface area contributed by atoms with Gasteiger partial charge in [0.25, 0.3) is 0 Å². The molecule has 3 rings (SSSR count). The first kappa shape index (κ1) is 22.4. The van der Waals surface area contributed by atoms with Crippen LogP contribution < -0.4 is 0 Å². The molecular formula is C29H32N2. The van der Waals surface area contributed by atoms with Gasteiger partial charge in [-0.15, -0.1) is 0 Å². The maximum absolute atomic E-state index is 4.71. The lowest BCUT2D eigenvalue weighted by Crippen LogP contribution is -1.97. The molecule has 0 atom stereocenters. The van der Waals surface area contributed by atoms with Gasteiger partial charge in [-0.2, -0.15) is 0 Å². The molecule has 0 aliphatic carbocycles. The van der Waals surface area contributed by atoms with Gasteiger partial charge in [-0.25, -0.2) is 0 Å². The Balaban J connectivity index is 1.98. The molecule has 0 aliphatic rings. The van der Waals surface area contributed by atoms with Crippen molar-refractivity contribution >= 4 is 11.6 Å². The van der Waals surface area contributed by atoms with Crippen LogP contribution >= 0.6 is 0 Å². The lowest BCUT2D eigenvalue weighted by atomic mass is 9.95. The van der Waals surface area contributed by atoms with E-state index in [-0.39, 0.29) is 0 Å². The lowest BCUT2D eigenvalue weighted by molar-refractivity contribution is 1.11. The monoisotopic (exact) mass is 408 g/mol. The molecule has 31 heavy (non-hydrogen) atoms. The molecule has 0 amide bonds. The number of rotatable bonds is 7. The van der Waals surface area contributed by atoms with E-state index in [0.29, 0.717) is 0 Å². The largest absolute Gasteiger partial charge is 0.261 e. The van der Waals surface area contributed by atoms with Gasteiger partial charge in [0.15, 0.2) is 0 Å². The number of hydrogen-bond acceptors (Lipinski definition) is 2. The Bertz CT molecular complexity index is 1120. The van der Waals surface area contributed by atoms with E-state index >= 15 is 0 Å². The predicted molar refractivity (Wildman–Crippen MR) is 134 cm³/mol. The van der Waals surface area contributed by atoms with Crippen LogP contribution in [0.1, 0.15) is 54.0 Å². The van der Waals surface area contributed by atoms with Gasteiger partial charge >= 0.3 is 0 Å². The Kier molecular flexibility index (Phi) is 7.72. The maximum Gasteiger partial charge on any atom is 0.0454 e. The van der Waals surface area contributed by atoms with Crippen molar-refractivity contribution in [1.29, 1.82) is 0 Å². The molecule has 3 aromatic rings. The fourth-order valence-electron chi connectivity index (χ4n) is 3.90. The second-order valence-electron chi connectivity index (χ2n) is 7.83. The first-order chi connectivity index (χ1) is 15.0.